The summed E-state index contributed by atoms with van der Waals surface area (Å²) in [6.45, 7) is 2.69. The molecule has 0 amide bonds. The summed E-state index contributed by atoms with van der Waals surface area (Å²) in [5, 5.41) is 14.8. The highest BCUT2D eigenvalue weighted by Crippen LogP contribution is 2.23. The van der Waals surface area contributed by atoms with Crippen LogP contribution in [0.4, 0.5) is 5.69 Å². The summed E-state index contributed by atoms with van der Waals surface area (Å²) < 4.78 is 1.14. The molecular formula is C12H12BrNOS. The maximum absolute atomic E-state index is 9.40. The van der Waals surface area contributed by atoms with Crippen LogP contribution in [0.15, 0.2) is 33.4 Å². The zero-order valence-electron chi connectivity index (χ0n) is 8.83. The monoisotopic (exact) mass is 297 g/mol. The van der Waals surface area contributed by atoms with Gasteiger partial charge in [-0.2, -0.15) is 0 Å². The number of phenols is 1. The lowest BCUT2D eigenvalue weighted by molar-refractivity contribution is 0.471. The van der Waals surface area contributed by atoms with E-state index in [1.807, 2.05) is 19.1 Å². The van der Waals surface area contributed by atoms with Gasteiger partial charge >= 0.3 is 0 Å². The molecule has 0 radical (unpaired) electrons. The number of hydrogen-bond acceptors (Lipinski definition) is 3. The van der Waals surface area contributed by atoms with Crippen molar-refractivity contribution in [3.8, 4) is 5.75 Å². The number of aromatic hydroxyl groups is 1. The van der Waals surface area contributed by atoms with Crippen LogP contribution < -0.4 is 5.32 Å². The van der Waals surface area contributed by atoms with Crippen LogP contribution in [0.3, 0.4) is 0 Å². The van der Waals surface area contributed by atoms with Crippen molar-refractivity contribution in [3.05, 3.63) is 44.6 Å². The second-order valence-electron chi connectivity index (χ2n) is 3.61. The molecule has 0 saturated heterocycles. The predicted molar refractivity (Wildman–Crippen MR) is 72.2 cm³/mol. The molecule has 1 aromatic carbocycles. The van der Waals surface area contributed by atoms with Gasteiger partial charge < -0.3 is 10.4 Å². The molecule has 0 saturated carbocycles. The molecule has 2 nitrogen and oxygen atoms in total. The number of rotatable bonds is 3. The molecule has 0 fully saturated rings. The molecule has 2 rings (SSSR count). The fourth-order valence-corrected chi connectivity index (χ4v) is 2.62. The first-order valence-corrected chi connectivity index (χ1v) is 6.59. The Hall–Kier alpha value is -1.00. The number of thiophene rings is 1. The molecule has 2 N–H and O–H groups in total. The Kier molecular flexibility index (Phi) is 3.51. The molecule has 0 atom stereocenters. The van der Waals surface area contributed by atoms with Gasteiger partial charge in [-0.1, -0.05) is 0 Å². The highest BCUT2D eigenvalue weighted by Gasteiger charge is 1.99. The van der Waals surface area contributed by atoms with E-state index in [0.29, 0.717) is 5.75 Å². The van der Waals surface area contributed by atoms with E-state index in [0.717, 1.165) is 21.6 Å². The first-order valence-electron chi connectivity index (χ1n) is 4.91. The Balaban J connectivity index is 2.02. The van der Waals surface area contributed by atoms with Gasteiger partial charge in [0.1, 0.15) is 5.75 Å². The van der Waals surface area contributed by atoms with E-state index in [9.17, 15) is 5.11 Å². The van der Waals surface area contributed by atoms with Crippen LogP contribution in [0.5, 0.6) is 5.75 Å². The second kappa shape index (κ2) is 4.89. The third-order valence-corrected chi connectivity index (χ3v) is 3.87. The van der Waals surface area contributed by atoms with Gasteiger partial charge in [-0.05, 0) is 63.6 Å². The lowest BCUT2D eigenvalue weighted by Gasteiger charge is -2.06. The number of benzene rings is 1. The normalized spacial score (nSPS) is 10.4. The first kappa shape index (κ1) is 11.5. The van der Waals surface area contributed by atoms with E-state index in [1.165, 1.54) is 5.56 Å². The molecule has 2 aromatic rings. The number of anilines is 1. The van der Waals surface area contributed by atoms with Gasteiger partial charge in [0.25, 0.3) is 0 Å². The third-order valence-electron chi connectivity index (χ3n) is 2.32. The number of nitrogens with one attached hydrogen (secondary N) is 1. The SMILES string of the molecule is Cc1cc(NCc2csc(Br)c2)ccc1O. The zero-order valence-corrected chi connectivity index (χ0v) is 11.2. The van der Waals surface area contributed by atoms with Crippen molar-refractivity contribution in [2.24, 2.45) is 0 Å². The summed E-state index contributed by atoms with van der Waals surface area (Å²) in [4.78, 5) is 0. The molecule has 0 spiro atoms. The maximum atomic E-state index is 9.40. The van der Waals surface area contributed by atoms with Crippen molar-refractivity contribution in [2.45, 2.75) is 13.5 Å². The summed E-state index contributed by atoms with van der Waals surface area (Å²) in [5.74, 6) is 0.337. The molecule has 16 heavy (non-hydrogen) atoms. The molecule has 84 valence electrons. The van der Waals surface area contributed by atoms with Gasteiger partial charge in [-0.25, -0.2) is 0 Å². The first-order chi connectivity index (χ1) is 7.65. The smallest absolute Gasteiger partial charge is 0.118 e. The molecule has 4 heteroatoms. The largest absolute Gasteiger partial charge is 0.508 e. The van der Waals surface area contributed by atoms with Gasteiger partial charge in [-0.3, -0.25) is 0 Å². The van der Waals surface area contributed by atoms with Crippen LogP contribution in [-0.2, 0) is 6.54 Å². The van der Waals surface area contributed by atoms with Crippen molar-refractivity contribution in [1.29, 1.82) is 0 Å². The Morgan fingerprint density at radius 1 is 1.38 bits per heavy atom. The van der Waals surface area contributed by atoms with Gasteiger partial charge in [0.2, 0.25) is 0 Å². The van der Waals surface area contributed by atoms with E-state index in [4.69, 9.17) is 0 Å². The number of hydrogen-bond donors (Lipinski definition) is 2. The quantitative estimate of drug-likeness (QED) is 0.835. The number of aryl methyl sites for hydroxylation is 1. The van der Waals surface area contributed by atoms with Crippen LogP contribution in [0, 0.1) is 6.92 Å². The van der Waals surface area contributed by atoms with Crippen molar-refractivity contribution < 1.29 is 5.11 Å². The molecule has 0 bridgehead atoms. The summed E-state index contributed by atoms with van der Waals surface area (Å²) in [6, 6.07) is 7.63. The minimum atomic E-state index is 0.337. The third kappa shape index (κ3) is 2.77. The van der Waals surface area contributed by atoms with Crippen LogP contribution >= 0.6 is 27.3 Å². The van der Waals surface area contributed by atoms with Gasteiger partial charge in [-0.15, -0.1) is 11.3 Å². The standard InChI is InChI=1S/C12H12BrNOS/c1-8-4-10(2-3-11(8)15)14-6-9-5-12(13)16-7-9/h2-5,7,14-15H,6H2,1H3. The highest BCUT2D eigenvalue weighted by molar-refractivity contribution is 9.11. The molecule has 1 aromatic heterocycles. The molecule has 0 aliphatic rings. The maximum Gasteiger partial charge on any atom is 0.118 e. The van der Waals surface area contributed by atoms with Gasteiger partial charge in [0.15, 0.2) is 0 Å². The fourth-order valence-electron chi connectivity index (χ4n) is 1.41. The molecule has 0 aliphatic carbocycles. The van der Waals surface area contributed by atoms with E-state index < -0.39 is 0 Å². The summed E-state index contributed by atoms with van der Waals surface area (Å²) in [7, 11) is 0. The Morgan fingerprint density at radius 2 is 2.19 bits per heavy atom. The van der Waals surface area contributed by atoms with Crippen LogP contribution in [0.25, 0.3) is 0 Å². The molecule has 0 unspecified atom stereocenters. The van der Waals surface area contributed by atoms with Crippen LogP contribution in [0.2, 0.25) is 0 Å². The Labute approximate surface area is 107 Å². The van der Waals surface area contributed by atoms with Crippen LogP contribution in [-0.4, -0.2) is 5.11 Å². The lowest BCUT2D eigenvalue weighted by Crippen LogP contribution is -1.97. The number of phenolic OH excluding ortho intramolecular Hbond substituents is 1. The molecule has 0 aliphatic heterocycles. The minimum absolute atomic E-state index is 0.337. The summed E-state index contributed by atoms with van der Waals surface area (Å²) in [6.07, 6.45) is 0. The Bertz CT molecular complexity index is 496. The summed E-state index contributed by atoms with van der Waals surface area (Å²) >= 11 is 5.12. The van der Waals surface area contributed by atoms with E-state index >= 15 is 0 Å². The minimum Gasteiger partial charge on any atom is -0.508 e. The average molecular weight is 298 g/mol. The van der Waals surface area contributed by atoms with Crippen LogP contribution in [0.1, 0.15) is 11.1 Å². The topological polar surface area (TPSA) is 32.3 Å². The molecular weight excluding hydrogens is 286 g/mol. The predicted octanol–water partition coefficient (Wildman–Crippen LogP) is 4.14. The van der Waals surface area contributed by atoms with Crippen molar-refractivity contribution in [3.63, 3.8) is 0 Å². The van der Waals surface area contributed by atoms with Crippen molar-refractivity contribution >= 4 is 33.0 Å². The zero-order chi connectivity index (χ0) is 11.5. The summed E-state index contributed by atoms with van der Waals surface area (Å²) in [5.41, 5.74) is 3.16. The second-order valence-corrected chi connectivity index (χ2v) is 5.90. The van der Waals surface area contributed by atoms with Gasteiger partial charge in [0, 0.05) is 12.2 Å². The van der Waals surface area contributed by atoms with E-state index in [1.54, 1.807) is 17.4 Å². The highest BCUT2D eigenvalue weighted by atomic mass is 79.9. The fraction of sp³-hybridized carbons (Fsp3) is 0.167. The van der Waals surface area contributed by atoms with Gasteiger partial charge in [0.05, 0.1) is 3.79 Å². The van der Waals surface area contributed by atoms with E-state index in [2.05, 4.69) is 32.7 Å². The lowest BCUT2D eigenvalue weighted by atomic mass is 10.2. The number of halogens is 1. The Morgan fingerprint density at radius 3 is 2.81 bits per heavy atom. The molecule has 1 heterocycles. The van der Waals surface area contributed by atoms with Crippen molar-refractivity contribution in [2.75, 3.05) is 5.32 Å². The van der Waals surface area contributed by atoms with E-state index in [-0.39, 0.29) is 0 Å². The average Bonchev–Trinajstić information content (AvgIpc) is 2.66. The van der Waals surface area contributed by atoms with Crippen molar-refractivity contribution in [1.82, 2.24) is 0 Å².